The topological polar surface area (TPSA) is 23.8 Å². The van der Waals surface area contributed by atoms with Gasteiger partial charge in [0.05, 0.1) is 11.6 Å². The van der Waals surface area contributed by atoms with Gasteiger partial charge in [-0.15, -0.1) is 0 Å². The van der Waals surface area contributed by atoms with Gasteiger partial charge in [-0.05, 0) is 47.9 Å². The molecule has 0 unspecified atom stereocenters. The minimum atomic E-state index is 0.667. The van der Waals surface area contributed by atoms with Crippen molar-refractivity contribution >= 4 is 11.6 Å². The van der Waals surface area contributed by atoms with Crippen LogP contribution in [0.1, 0.15) is 11.1 Å². The summed E-state index contributed by atoms with van der Waals surface area (Å²) in [4.78, 5) is 0. The molecule has 78 valence electrons. The number of nitriles is 1. The molecule has 0 aromatic heterocycles. The van der Waals surface area contributed by atoms with Gasteiger partial charge in [0.15, 0.2) is 0 Å². The van der Waals surface area contributed by atoms with Crippen molar-refractivity contribution in [1.82, 2.24) is 0 Å². The van der Waals surface area contributed by atoms with E-state index in [0.29, 0.717) is 10.6 Å². The molecule has 0 aliphatic rings. The quantitative estimate of drug-likeness (QED) is 0.717. The van der Waals surface area contributed by atoms with Gasteiger partial charge in [0.1, 0.15) is 0 Å². The fraction of sp³-hybridized carbons (Fsp3) is 0.0714. The fourth-order valence-corrected chi connectivity index (χ4v) is 1.85. The van der Waals surface area contributed by atoms with Gasteiger partial charge in [0.2, 0.25) is 0 Å². The van der Waals surface area contributed by atoms with E-state index in [0.717, 1.165) is 16.7 Å². The second-order valence-electron chi connectivity index (χ2n) is 3.65. The van der Waals surface area contributed by atoms with Crippen LogP contribution < -0.4 is 0 Å². The first-order chi connectivity index (χ1) is 7.70. The molecule has 0 saturated heterocycles. The van der Waals surface area contributed by atoms with Crippen LogP contribution in [0.15, 0.2) is 42.5 Å². The van der Waals surface area contributed by atoms with E-state index in [2.05, 4.69) is 6.07 Å². The first-order valence-corrected chi connectivity index (χ1v) is 5.35. The summed E-state index contributed by atoms with van der Waals surface area (Å²) in [6.45, 7) is 2.03. The number of hydrogen-bond acceptors (Lipinski definition) is 1. The lowest BCUT2D eigenvalue weighted by atomic mass is 9.98. The Labute approximate surface area is 99.9 Å². The summed E-state index contributed by atoms with van der Waals surface area (Å²) in [6.07, 6.45) is 0. The van der Waals surface area contributed by atoms with Crippen LogP contribution in [0.2, 0.25) is 5.02 Å². The maximum Gasteiger partial charge on any atom is 0.0991 e. The van der Waals surface area contributed by atoms with Crippen LogP contribution in [0, 0.1) is 18.3 Å². The van der Waals surface area contributed by atoms with Crippen molar-refractivity contribution in [2.45, 2.75) is 6.92 Å². The van der Waals surface area contributed by atoms with Crippen LogP contribution in [0.4, 0.5) is 0 Å². The summed E-state index contributed by atoms with van der Waals surface area (Å²) in [5, 5.41) is 9.59. The molecule has 2 heteroatoms. The zero-order chi connectivity index (χ0) is 11.5. The van der Waals surface area contributed by atoms with Crippen molar-refractivity contribution in [3.63, 3.8) is 0 Å². The van der Waals surface area contributed by atoms with Crippen LogP contribution in [-0.2, 0) is 0 Å². The molecule has 2 aromatic rings. The summed E-state index contributed by atoms with van der Waals surface area (Å²) in [7, 11) is 0. The Morgan fingerprint density at radius 3 is 2.62 bits per heavy atom. The SMILES string of the molecule is Cc1ccc(C#N)cc1-c1cccc(Cl)c1. The number of nitrogens with zero attached hydrogens (tertiary/aromatic N) is 1. The summed E-state index contributed by atoms with van der Waals surface area (Å²) in [5.41, 5.74) is 3.91. The molecule has 16 heavy (non-hydrogen) atoms. The zero-order valence-electron chi connectivity index (χ0n) is 8.87. The average Bonchev–Trinajstić information content (AvgIpc) is 2.30. The van der Waals surface area contributed by atoms with Gasteiger partial charge in [-0.2, -0.15) is 5.26 Å². The molecule has 0 bridgehead atoms. The molecule has 0 fully saturated rings. The Hall–Kier alpha value is -1.78. The Bertz CT molecular complexity index is 567. The largest absolute Gasteiger partial charge is 0.192 e. The summed E-state index contributed by atoms with van der Waals surface area (Å²) in [5.74, 6) is 0. The van der Waals surface area contributed by atoms with E-state index in [1.54, 1.807) is 0 Å². The third kappa shape index (κ3) is 2.08. The first kappa shape index (κ1) is 10.7. The van der Waals surface area contributed by atoms with Crippen LogP contribution >= 0.6 is 11.6 Å². The van der Waals surface area contributed by atoms with Gasteiger partial charge < -0.3 is 0 Å². The van der Waals surface area contributed by atoms with E-state index in [-0.39, 0.29) is 0 Å². The first-order valence-electron chi connectivity index (χ1n) is 4.97. The van der Waals surface area contributed by atoms with Crippen molar-refractivity contribution in [2.24, 2.45) is 0 Å². The van der Waals surface area contributed by atoms with Gasteiger partial charge in [-0.1, -0.05) is 29.8 Å². The molecule has 0 aliphatic heterocycles. The predicted molar refractivity (Wildman–Crippen MR) is 66.3 cm³/mol. The zero-order valence-corrected chi connectivity index (χ0v) is 9.62. The van der Waals surface area contributed by atoms with Crippen molar-refractivity contribution in [3.05, 3.63) is 58.6 Å². The summed E-state index contributed by atoms with van der Waals surface area (Å²) >= 11 is 5.96. The molecule has 2 rings (SSSR count). The van der Waals surface area contributed by atoms with E-state index >= 15 is 0 Å². The Balaban J connectivity index is 2.60. The van der Waals surface area contributed by atoms with Crippen LogP contribution in [0.5, 0.6) is 0 Å². The third-order valence-electron chi connectivity index (χ3n) is 2.50. The molecule has 0 saturated carbocycles. The highest BCUT2D eigenvalue weighted by molar-refractivity contribution is 6.30. The Morgan fingerprint density at radius 1 is 1.12 bits per heavy atom. The third-order valence-corrected chi connectivity index (χ3v) is 2.74. The monoisotopic (exact) mass is 227 g/mol. The lowest BCUT2D eigenvalue weighted by Gasteiger charge is -2.06. The fourth-order valence-electron chi connectivity index (χ4n) is 1.66. The van der Waals surface area contributed by atoms with Crippen molar-refractivity contribution in [3.8, 4) is 17.2 Å². The highest BCUT2D eigenvalue weighted by atomic mass is 35.5. The maximum atomic E-state index is 8.88. The molecular formula is C14H10ClN. The highest BCUT2D eigenvalue weighted by Gasteiger charge is 2.03. The molecule has 0 spiro atoms. The van der Waals surface area contributed by atoms with Gasteiger partial charge in [-0.25, -0.2) is 0 Å². The second-order valence-corrected chi connectivity index (χ2v) is 4.09. The maximum absolute atomic E-state index is 8.88. The van der Waals surface area contributed by atoms with Crippen molar-refractivity contribution in [1.29, 1.82) is 5.26 Å². The molecule has 0 aliphatic carbocycles. The molecule has 0 amide bonds. The minimum absolute atomic E-state index is 0.667. The van der Waals surface area contributed by atoms with Gasteiger partial charge in [0.25, 0.3) is 0 Å². The predicted octanol–water partition coefficient (Wildman–Crippen LogP) is 4.19. The normalized spacial score (nSPS) is 9.81. The lowest BCUT2D eigenvalue weighted by molar-refractivity contribution is 1.42. The van der Waals surface area contributed by atoms with E-state index in [1.165, 1.54) is 0 Å². The van der Waals surface area contributed by atoms with Crippen molar-refractivity contribution < 1.29 is 0 Å². The highest BCUT2D eigenvalue weighted by Crippen LogP contribution is 2.26. The lowest BCUT2D eigenvalue weighted by Crippen LogP contribution is -1.85. The molecule has 2 aromatic carbocycles. The van der Waals surface area contributed by atoms with Crippen LogP contribution in [-0.4, -0.2) is 0 Å². The molecule has 1 nitrogen and oxygen atoms in total. The van der Waals surface area contributed by atoms with E-state index in [1.807, 2.05) is 49.4 Å². The van der Waals surface area contributed by atoms with E-state index < -0.39 is 0 Å². The molecule has 0 heterocycles. The Kier molecular flexibility index (Phi) is 2.94. The van der Waals surface area contributed by atoms with Crippen LogP contribution in [0.25, 0.3) is 11.1 Å². The summed E-state index contributed by atoms with van der Waals surface area (Å²) in [6, 6.07) is 15.5. The molecular weight excluding hydrogens is 218 g/mol. The van der Waals surface area contributed by atoms with Gasteiger partial charge in [0, 0.05) is 5.02 Å². The number of benzene rings is 2. The minimum Gasteiger partial charge on any atom is -0.192 e. The second kappa shape index (κ2) is 4.38. The van der Waals surface area contributed by atoms with E-state index in [9.17, 15) is 0 Å². The van der Waals surface area contributed by atoms with Gasteiger partial charge in [-0.3, -0.25) is 0 Å². The van der Waals surface area contributed by atoms with E-state index in [4.69, 9.17) is 16.9 Å². The number of rotatable bonds is 1. The number of aryl methyl sites for hydroxylation is 1. The van der Waals surface area contributed by atoms with Crippen molar-refractivity contribution in [2.75, 3.05) is 0 Å². The number of halogens is 1. The number of hydrogen-bond donors (Lipinski definition) is 0. The van der Waals surface area contributed by atoms with Gasteiger partial charge >= 0.3 is 0 Å². The van der Waals surface area contributed by atoms with Crippen LogP contribution in [0.3, 0.4) is 0 Å². The Morgan fingerprint density at radius 2 is 1.94 bits per heavy atom. The standard InChI is InChI=1S/C14H10ClN/c1-10-5-6-11(9-16)7-14(10)12-3-2-4-13(15)8-12/h2-8H,1H3. The summed E-state index contributed by atoms with van der Waals surface area (Å²) < 4.78 is 0. The average molecular weight is 228 g/mol. The molecule has 0 N–H and O–H groups in total. The smallest absolute Gasteiger partial charge is 0.0991 e. The molecule has 0 radical (unpaired) electrons. The molecule has 0 atom stereocenters.